The molecule has 0 radical (unpaired) electrons. The van der Waals surface area contributed by atoms with E-state index in [1.807, 2.05) is 69.6 Å². The lowest BCUT2D eigenvalue weighted by atomic mass is 9.68. The van der Waals surface area contributed by atoms with E-state index in [2.05, 4.69) is 48.6 Å². The van der Waals surface area contributed by atoms with Crippen LogP contribution in [-0.4, -0.2) is 19.5 Å². The molecule has 10 rings (SSSR count). The van der Waals surface area contributed by atoms with Crippen LogP contribution in [0.2, 0.25) is 0 Å². The molecule has 46 heavy (non-hydrogen) atoms. The molecule has 0 amide bonds. The summed E-state index contributed by atoms with van der Waals surface area (Å²) in [5, 5.41) is 0. The average molecular weight is 735 g/mol. The third kappa shape index (κ3) is 3.84. The van der Waals surface area contributed by atoms with Crippen molar-refractivity contribution in [2.45, 2.75) is 37.5 Å². The van der Waals surface area contributed by atoms with Crippen LogP contribution in [0, 0.1) is 0 Å². The molecule has 0 N–H and O–H groups in total. The second-order valence-electron chi connectivity index (χ2n) is 12.5. The van der Waals surface area contributed by atoms with Crippen molar-refractivity contribution in [2.75, 3.05) is 0 Å². The smallest absolute Gasteiger partial charge is 0.0543 e. The van der Waals surface area contributed by atoms with Gasteiger partial charge in [0.05, 0.1) is 38.6 Å². The summed E-state index contributed by atoms with van der Waals surface area (Å²) >= 11 is 31.5. The number of thiophene rings is 4. The summed E-state index contributed by atoms with van der Waals surface area (Å²) in [6.07, 6.45) is 10.8. The highest BCUT2D eigenvalue weighted by molar-refractivity contribution is 7.84. The number of hydrogen-bond donors (Lipinski definition) is 0. The second-order valence-corrected chi connectivity index (χ2v) is 18.4. The molecule has 1 fully saturated rings. The van der Waals surface area contributed by atoms with Crippen LogP contribution in [0.5, 0.6) is 0 Å². The van der Waals surface area contributed by atoms with E-state index >= 15 is 0 Å². The fourth-order valence-corrected chi connectivity index (χ4v) is 15.2. The Kier molecular flexibility index (Phi) is 6.40. The minimum atomic E-state index is 0.0896. The van der Waals surface area contributed by atoms with Crippen molar-refractivity contribution in [1.29, 1.82) is 0 Å². The quantitative estimate of drug-likeness (QED) is 0.128. The van der Waals surface area contributed by atoms with E-state index in [0.29, 0.717) is 0 Å². The van der Waals surface area contributed by atoms with Gasteiger partial charge >= 0.3 is 0 Å². The fourth-order valence-electron chi connectivity index (χ4n) is 8.02. The first-order valence-corrected chi connectivity index (χ1v) is 20.3. The van der Waals surface area contributed by atoms with E-state index < -0.39 is 0 Å². The lowest BCUT2D eigenvalue weighted by molar-refractivity contribution is 0.358. The Morgan fingerprint density at radius 2 is 0.913 bits per heavy atom. The van der Waals surface area contributed by atoms with Crippen LogP contribution in [0.4, 0.5) is 0 Å². The van der Waals surface area contributed by atoms with E-state index in [1.54, 1.807) is 11.1 Å². The van der Waals surface area contributed by atoms with Gasteiger partial charge in [-0.1, -0.05) is 117 Å². The van der Waals surface area contributed by atoms with Crippen molar-refractivity contribution in [1.82, 2.24) is 0 Å². The third-order valence-corrected chi connectivity index (χ3v) is 16.7. The van der Waals surface area contributed by atoms with Gasteiger partial charge in [0.25, 0.3) is 0 Å². The van der Waals surface area contributed by atoms with Gasteiger partial charge in [0.1, 0.15) is 0 Å². The highest BCUT2D eigenvalue weighted by Gasteiger charge is 2.49. The lowest BCUT2D eigenvalue weighted by Crippen LogP contribution is -2.27. The van der Waals surface area contributed by atoms with E-state index in [9.17, 15) is 0 Å². The predicted molar refractivity (Wildman–Crippen MR) is 218 cm³/mol. The number of benzene rings is 2. The monoisotopic (exact) mass is 734 g/mol. The van der Waals surface area contributed by atoms with Crippen molar-refractivity contribution in [2.24, 2.45) is 0 Å². The summed E-state index contributed by atoms with van der Waals surface area (Å²) in [5.41, 5.74) is 9.71. The van der Waals surface area contributed by atoms with Crippen molar-refractivity contribution in [3.63, 3.8) is 0 Å². The van der Waals surface area contributed by atoms with Gasteiger partial charge < -0.3 is 0 Å². The van der Waals surface area contributed by atoms with Gasteiger partial charge in [0.2, 0.25) is 0 Å². The summed E-state index contributed by atoms with van der Waals surface area (Å²) < 4.78 is 5.73. The molecule has 4 heterocycles. The van der Waals surface area contributed by atoms with E-state index in [-0.39, 0.29) is 5.41 Å². The molecule has 0 aliphatic heterocycles. The van der Waals surface area contributed by atoms with Crippen LogP contribution < -0.4 is 0 Å². The van der Waals surface area contributed by atoms with Gasteiger partial charge in [0.15, 0.2) is 0 Å². The summed E-state index contributed by atoms with van der Waals surface area (Å²) in [5.74, 6) is 0. The van der Waals surface area contributed by atoms with Gasteiger partial charge in [-0.05, 0) is 37.1 Å². The minimum Gasteiger partial charge on any atom is -0.135 e. The minimum absolute atomic E-state index is 0.0896. The van der Waals surface area contributed by atoms with Gasteiger partial charge in [-0.15, -0.1) is 45.3 Å². The maximum absolute atomic E-state index is 5.90. The zero-order valence-corrected chi connectivity index (χ0v) is 30.8. The summed E-state index contributed by atoms with van der Waals surface area (Å²) in [4.78, 5) is 9.03. The van der Waals surface area contributed by atoms with Crippen LogP contribution >= 0.6 is 94.2 Å². The zero-order chi connectivity index (χ0) is 30.9. The van der Waals surface area contributed by atoms with Gasteiger partial charge in [-0.3, -0.25) is 0 Å². The fraction of sp³-hybridized carbons (Fsp3) is 0.158. The Morgan fingerprint density at radius 1 is 0.522 bits per heavy atom. The molecule has 0 saturated heterocycles. The predicted octanol–water partition coefficient (Wildman–Crippen LogP) is 12.5. The van der Waals surface area contributed by atoms with Crippen LogP contribution in [0.1, 0.15) is 75.2 Å². The number of hydrogen-bond acceptors (Lipinski definition) is 8. The summed E-state index contributed by atoms with van der Waals surface area (Å²) in [6, 6.07) is 21.3. The summed E-state index contributed by atoms with van der Waals surface area (Å²) in [6.45, 7) is 0. The Hall–Kier alpha value is -2.40. The molecule has 1 saturated carbocycles. The van der Waals surface area contributed by atoms with Crippen LogP contribution in [0.3, 0.4) is 0 Å². The zero-order valence-electron chi connectivity index (χ0n) is 24.2. The molecule has 4 aliphatic carbocycles. The van der Waals surface area contributed by atoms with Crippen molar-refractivity contribution < 1.29 is 0 Å². The number of thiocarbonyl (C=S) groups is 4. The first kappa shape index (κ1) is 28.6. The largest absolute Gasteiger partial charge is 0.135 e. The van der Waals surface area contributed by atoms with Gasteiger partial charge in [0, 0.05) is 69.1 Å². The number of fused-ring (bicyclic) bond motifs is 11. The topological polar surface area (TPSA) is 0 Å². The number of allylic oxidation sites excluding steroid dienone is 2. The van der Waals surface area contributed by atoms with Crippen molar-refractivity contribution in [3.8, 4) is 9.75 Å². The Morgan fingerprint density at radius 3 is 1.30 bits per heavy atom. The number of rotatable bonds is 2. The molecule has 0 atom stereocenters. The third-order valence-electron chi connectivity index (χ3n) is 10.0. The van der Waals surface area contributed by atoms with Crippen LogP contribution in [0.25, 0.3) is 40.7 Å². The Labute approximate surface area is 304 Å². The molecule has 2 aromatic carbocycles. The molecule has 0 bridgehead atoms. The van der Waals surface area contributed by atoms with Crippen LogP contribution in [0.15, 0.2) is 71.8 Å². The first-order valence-electron chi connectivity index (χ1n) is 15.4. The van der Waals surface area contributed by atoms with Crippen molar-refractivity contribution >= 4 is 145 Å². The van der Waals surface area contributed by atoms with E-state index in [0.717, 1.165) is 52.9 Å². The molecule has 0 nitrogen and oxygen atoms in total. The molecule has 8 heteroatoms. The second kappa shape index (κ2) is 10.3. The Bertz CT molecular complexity index is 2230. The van der Waals surface area contributed by atoms with E-state index in [4.69, 9.17) is 48.9 Å². The highest BCUT2D eigenvalue weighted by Crippen LogP contribution is 2.66. The maximum Gasteiger partial charge on any atom is 0.0543 e. The maximum atomic E-state index is 5.90. The average Bonchev–Trinajstić information content (AvgIpc) is 3.91. The van der Waals surface area contributed by atoms with Crippen LogP contribution in [-0.2, 0) is 5.41 Å². The molecular formula is C38H22S8. The van der Waals surface area contributed by atoms with E-state index in [1.165, 1.54) is 70.4 Å². The standard InChI is InChI=1S/C38H22S8/c39-30-20-8-2-3-9-21(20)31(40)24(30)14-18-16-26-34(43-18)28-36(45-26)37-29(38(28)12-6-1-7-13-38)35-27(46-37)17-19(44-35)15-25-32(41)22-10-4-5-11-23(22)33(25)42/h2-5,8-11,14-17H,1,6-7,12-13H2. The SMILES string of the molecule is S=C1C(=Cc2cc3sc4c(c3s2)C2(CCCCC2)c2c-4sc3cc(C=C4C(=S)c5ccccc5C4=S)sc23)C(=S)c2ccccc21. The molecule has 6 aromatic rings. The Balaban J connectivity index is 1.08. The highest BCUT2D eigenvalue weighted by atomic mass is 32.1. The lowest BCUT2D eigenvalue weighted by Gasteiger charge is -2.35. The molecule has 1 spiro atoms. The normalized spacial score (nSPS) is 17.8. The molecule has 0 unspecified atom stereocenters. The van der Waals surface area contributed by atoms with Crippen molar-refractivity contribution in [3.05, 3.63) is 115 Å². The molecule has 4 aromatic heterocycles. The molecule has 222 valence electrons. The van der Waals surface area contributed by atoms with Gasteiger partial charge in [-0.25, -0.2) is 0 Å². The summed E-state index contributed by atoms with van der Waals surface area (Å²) in [7, 11) is 0. The molecule has 4 aliphatic rings. The molecular weight excluding hydrogens is 713 g/mol. The van der Waals surface area contributed by atoms with Gasteiger partial charge in [-0.2, -0.15) is 0 Å². The first-order chi connectivity index (χ1) is 22.4.